The molecular weight excluding hydrogens is 489 g/mol. The molecule has 1 fully saturated rings. The molecular formula is C19H34IN5O2S. The number of aryl methyl sites for hydroxylation is 1. The highest BCUT2D eigenvalue weighted by molar-refractivity contribution is 14.0. The molecule has 2 rings (SSSR count). The standard InChI is InChI=1S/C19H33N5O2S.HI/c1-5-24(6-2)27(25,26)15-10-21-19(20-4)23-13-11-22(12-14-23)18-9-7-8-17(3)16-18;/h7-9,16H,5-6,10-15H2,1-4H3,(H,20,21);1H. The van der Waals surface area contributed by atoms with Crippen LogP contribution in [-0.4, -0.2) is 82.2 Å². The molecule has 0 aromatic heterocycles. The second-order valence-corrected chi connectivity index (χ2v) is 8.78. The van der Waals surface area contributed by atoms with E-state index in [0.29, 0.717) is 19.6 Å². The molecule has 9 heteroatoms. The third kappa shape index (κ3) is 6.77. The van der Waals surface area contributed by atoms with Crippen molar-refractivity contribution in [3.8, 4) is 0 Å². The predicted octanol–water partition coefficient (Wildman–Crippen LogP) is 1.98. The van der Waals surface area contributed by atoms with Crippen LogP contribution in [0.1, 0.15) is 19.4 Å². The first-order chi connectivity index (χ1) is 12.9. The number of piperazine rings is 1. The summed E-state index contributed by atoms with van der Waals surface area (Å²) in [5.41, 5.74) is 2.52. The van der Waals surface area contributed by atoms with Crippen molar-refractivity contribution in [1.82, 2.24) is 14.5 Å². The normalized spacial score (nSPS) is 15.5. The van der Waals surface area contributed by atoms with Crippen molar-refractivity contribution < 1.29 is 8.42 Å². The van der Waals surface area contributed by atoms with Crippen LogP contribution in [0.2, 0.25) is 0 Å². The molecule has 0 unspecified atom stereocenters. The summed E-state index contributed by atoms with van der Waals surface area (Å²) in [6.45, 7) is 10.8. The molecule has 1 heterocycles. The second-order valence-electron chi connectivity index (χ2n) is 6.69. The van der Waals surface area contributed by atoms with Crippen molar-refractivity contribution in [1.29, 1.82) is 0 Å². The van der Waals surface area contributed by atoms with Crippen LogP contribution in [0.15, 0.2) is 29.3 Å². The summed E-state index contributed by atoms with van der Waals surface area (Å²) >= 11 is 0. The van der Waals surface area contributed by atoms with Gasteiger partial charge in [-0.15, -0.1) is 24.0 Å². The minimum absolute atomic E-state index is 0. The van der Waals surface area contributed by atoms with Crippen LogP contribution in [0.25, 0.3) is 0 Å². The second kappa shape index (κ2) is 11.8. The summed E-state index contributed by atoms with van der Waals surface area (Å²) in [5.74, 6) is 0.852. The fourth-order valence-electron chi connectivity index (χ4n) is 3.37. The van der Waals surface area contributed by atoms with Gasteiger partial charge >= 0.3 is 0 Å². The smallest absolute Gasteiger partial charge is 0.215 e. The molecule has 0 aliphatic carbocycles. The van der Waals surface area contributed by atoms with Gasteiger partial charge in [-0.25, -0.2) is 12.7 Å². The lowest BCUT2D eigenvalue weighted by atomic mass is 10.2. The highest BCUT2D eigenvalue weighted by atomic mass is 127. The average Bonchev–Trinajstić information content (AvgIpc) is 2.66. The Hall–Kier alpha value is -1.07. The SMILES string of the molecule is CCN(CC)S(=O)(=O)CCNC(=NC)N1CCN(c2cccc(C)c2)CC1.I. The number of benzene rings is 1. The van der Waals surface area contributed by atoms with Crippen LogP contribution in [0, 0.1) is 6.92 Å². The quantitative estimate of drug-likeness (QED) is 0.337. The lowest BCUT2D eigenvalue weighted by molar-refractivity contribution is 0.373. The van der Waals surface area contributed by atoms with Gasteiger partial charge in [-0.3, -0.25) is 4.99 Å². The summed E-state index contributed by atoms with van der Waals surface area (Å²) < 4.78 is 26.1. The highest BCUT2D eigenvalue weighted by Gasteiger charge is 2.22. The number of halogens is 1. The first-order valence-corrected chi connectivity index (χ1v) is 11.3. The van der Waals surface area contributed by atoms with E-state index >= 15 is 0 Å². The van der Waals surface area contributed by atoms with E-state index in [-0.39, 0.29) is 29.7 Å². The maximum absolute atomic E-state index is 12.3. The number of nitrogens with one attached hydrogen (secondary N) is 1. The van der Waals surface area contributed by atoms with Gasteiger partial charge in [0.2, 0.25) is 10.0 Å². The number of aliphatic imine (C=N–C) groups is 1. The molecule has 160 valence electrons. The van der Waals surface area contributed by atoms with E-state index < -0.39 is 10.0 Å². The average molecular weight is 523 g/mol. The maximum Gasteiger partial charge on any atom is 0.215 e. The van der Waals surface area contributed by atoms with Gasteiger partial charge in [-0.2, -0.15) is 0 Å². The number of nitrogens with zero attached hydrogens (tertiary/aromatic N) is 4. The molecule has 0 atom stereocenters. The lowest BCUT2D eigenvalue weighted by Gasteiger charge is -2.37. The Kier molecular flexibility index (Phi) is 10.5. The molecule has 0 amide bonds. The van der Waals surface area contributed by atoms with Crippen LogP contribution < -0.4 is 10.2 Å². The molecule has 0 radical (unpaired) electrons. The minimum Gasteiger partial charge on any atom is -0.368 e. The Morgan fingerprint density at radius 2 is 1.82 bits per heavy atom. The third-order valence-corrected chi connectivity index (χ3v) is 6.92. The van der Waals surface area contributed by atoms with E-state index in [4.69, 9.17) is 0 Å². The largest absolute Gasteiger partial charge is 0.368 e. The molecule has 0 spiro atoms. The molecule has 1 saturated heterocycles. The van der Waals surface area contributed by atoms with Gasteiger partial charge in [0, 0.05) is 58.5 Å². The maximum atomic E-state index is 12.3. The summed E-state index contributed by atoms with van der Waals surface area (Å²) in [7, 11) is -1.47. The minimum atomic E-state index is -3.22. The zero-order valence-electron chi connectivity index (χ0n) is 17.4. The Morgan fingerprint density at radius 3 is 2.36 bits per heavy atom. The summed E-state index contributed by atoms with van der Waals surface area (Å²) in [6.07, 6.45) is 0. The van der Waals surface area contributed by atoms with E-state index in [1.165, 1.54) is 15.6 Å². The monoisotopic (exact) mass is 523 g/mol. The zero-order valence-corrected chi connectivity index (χ0v) is 20.5. The number of sulfonamides is 1. The fraction of sp³-hybridized carbons (Fsp3) is 0.632. The van der Waals surface area contributed by atoms with Crippen molar-refractivity contribution in [3.63, 3.8) is 0 Å². The lowest BCUT2D eigenvalue weighted by Crippen LogP contribution is -2.53. The first-order valence-electron chi connectivity index (χ1n) is 9.66. The number of hydrogen-bond acceptors (Lipinski definition) is 4. The van der Waals surface area contributed by atoms with E-state index in [1.54, 1.807) is 7.05 Å². The van der Waals surface area contributed by atoms with Gasteiger partial charge in [0.05, 0.1) is 5.75 Å². The predicted molar refractivity (Wildman–Crippen MR) is 128 cm³/mol. The number of hydrogen-bond donors (Lipinski definition) is 1. The van der Waals surface area contributed by atoms with Crippen LogP contribution in [0.4, 0.5) is 5.69 Å². The number of anilines is 1. The van der Waals surface area contributed by atoms with Crippen LogP contribution in [0.3, 0.4) is 0 Å². The molecule has 1 aromatic carbocycles. The number of rotatable bonds is 7. The van der Waals surface area contributed by atoms with Gasteiger partial charge in [0.15, 0.2) is 5.96 Å². The molecule has 1 aromatic rings. The molecule has 28 heavy (non-hydrogen) atoms. The van der Waals surface area contributed by atoms with E-state index in [2.05, 4.69) is 51.3 Å². The first kappa shape index (κ1) is 25.0. The summed E-state index contributed by atoms with van der Waals surface area (Å²) in [6, 6.07) is 8.56. The van der Waals surface area contributed by atoms with Gasteiger partial charge in [0.1, 0.15) is 0 Å². The van der Waals surface area contributed by atoms with Crippen molar-refractivity contribution in [3.05, 3.63) is 29.8 Å². The molecule has 1 aliphatic rings. The van der Waals surface area contributed by atoms with Crippen LogP contribution >= 0.6 is 24.0 Å². The molecule has 1 aliphatic heterocycles. The van der Waals surface area contributed by atoms with Crippen molar-refractivity contribution >= 4 is 45.6 Å². The molecule has 7 nitrogen and oxygen atoms in total. The summed E-state index contributed by atoms with van der Waals surface area (Å²) in [4.78, 5) is 8.90. The van der Waals surface area contributed by atoms with Gasteiger partial charge in [-0.05, 0) is 24.6 Å². The van der Waals surface area contributed by atoms with Crippen LogP contribution in [0.5, 0.6) is 0 Å². The van der Waals surface area contributed by atoms with E-state index in [0.717, 1.165) is 32.1 Å². The fourth-order valence-corrected chi connectivity index (χ4v) is 4.78. The number of guanidine groups is 1. The van der Waals surface area contributed by atoms with Gasteiger partial charge in [-0.1, -0.05) is 26.0 Å². The Labute approximate surface area is 187 Å². The van der Waals surface area contributed by atoms with Gasteiger partial charge in [0.25, 0.3) is 0 Å². The van der Waals surface area contributed by atoms with Crippen LogP contribution in [-0.2, 0) is 10.0 Å². The molecule has 0 bridgehead atoms. The van der Waals surface area contributed by atoms with E-state index in [9.17, 15) is 8.42 Å². The molecule has 0 saturated carbocycles. The van der Waals surface area contributed by atoms with Crippen molar-refractivity contribution in [2.45, 2.75) is 20.8 Å². The zero-order chi connectivity index (χ0) is 19.9. The topological polar surface area (TPSA) is 68.2 Å². The van der Waals surface area contributed by atoms with Crippen molar-refractivity contribution in [2.24, 2.45) is 4.99 Å². The molecule has 1 N–H and O–H groups in total. The Bertz CT molecular complexity index is 730. The van der Waals surface area contributed by atoms with E-state index in [1.807, 2.05) is 13.8 Å². The highest BCUT2D eigenvalue weighted by Crippen LogP contribution is 2.17. The third-order valence-electron chi connectivity index (χ3n) is 4.90. The Morgan fingerprint density at radius 1 is 1.18 bits per heavy atom. The van der Waals surface area contributed by atoms with Crippen molar-refractivity contribution in [2.75, 3.05) is 63.5 Å². The van der Waals surface area contributed by atoms with Gasteiger partial charge < -0.3 is 15.1 Å². The summed E-state index contributed by atoms with van der Waals surface area (Å²) in [5, 5.41) is 3.21. The Balaban J connectivity index is 0.00000392.